The summed E-state index contributed by atoms with van der Waals surface area (Å²) in [5.74, 6) is 0.916. The molecule has 26 heavy (non-hydrogen) atoms. The molecule has 1 aromatic heterocycles. The van der Waals surface area contributed by atoms with Gasteiger partial charge in [-0.3, -0.25) is 9.36 Å². The highest BCUT2D eigenvalue weighted by molar-refractivity contribution is 5.78. The third-order valence-electron chi connectivity index (χ3n) is 5.71. The predicted molar refractivity (Wildman–Crippen MR) is 101 cm³/mol. The standard InChI is InChI=1S/C21H24N2O3/c1-12-5-4-6-15(13(12)2)9-16-10-18(24)23-17(21(25)26-3)11-22-20(23)19(16)14-7-8-14/h4-6,10,14,17,22H,7-9,11H2,1-3H3. The van der Waals surface area contributed by atoms with Crippen molar-refractivity contribution in [2.45, 2.75) is 45.1 Å². The van der Waals surface area contributed by atoms with E-state index in [9.17, 15) is 9.59 Å². The van der Waals surface area contributed by atoms with Gasteiger partial charge in [0.15, 0.2) is 6.04 Å². The average molecular weight is 352 g/mol. The van der Waals surface area contributed by atoms with Crippen LogP contribution in [-0.2, 0) is 16.0 Å². The Morgan fingerprint density at radius 1 is 1.27 bits per heavy atom. The maximum atomic E-state index is 12.8. The van der Waals surface area contributed by atoms with Crippen LogP contribution in [0.1, 0.15) is 52.6 Å². The Morgan fingerprint density at radius 2 is 2.04 bits per heavy atom. The number of esters is 1. The third kappa shape index (κ3) is 2.71. The molecule has 1 saturated carbocycles. The predicted octanol–water partition coefficient (Wildman–Crippen LogP) is 3.07. The molecule has 1 fully saturated rings. The minimum Gasteiger partial charge on any atom is -0.467 e. The van der Waals surface area contributed by atoms with Crippen LogP contribution in [0.2, 0.25) is 0 Å². The van der Waals surface area contributed by atoms with Crippen molar-refractivity contribution in [3.05, 3.63) is 62.4 Å². The number of nitrogens with one attached hydrogen (secondary N) is 1. The molecule has 1 unspecified atom stereocenters. The number of hydrogen-bond acceptors (Lipinski definition) is 4. The minimum atomic E-state index is -0.574. The molecule has 5 nitrogen and oxygen atoms in total. The van der Waals surface area contributed by atoms with Crippen LogP contribution in [0.15, 0.2) is 29.1 Å². The van der Waals surface area contributed by atoms with Crippen LogP contribution in [0.25, 0.3) is 0 Å². The summed E-state index contributed by atoms with van der Waals surface area (Å²) in [7, 11) is 1.36. The lowest BCUT2D eigenvalue weighted by atomic mass is 9.93. The maximum Gasteiger partial charge on any atom is 0.330 e. The van der Waals surface area contributed by atoms with E-state index in [0.717, 1.165) is 30.6 Å². The van der Waals surface area contributed by atoms with Gasteiger partial charge >= 0.3 is 5.97 Å². The van der Waals surface area contributed by atoms with Crippen LogP contribution in [-0.4, -0.2) is 24.2 Å². The van der Waals surface area contributed by atoms with Crippen molar-refractivity contribution >= 4 is 11.8 Å². The lowest BCUT2D eigenvalue weighted by Gasteiger charge is -2.17. The van der Waals surface area contributed by atoms with Gasteiger partial charge in [-0.2, -0.15) is 0 Å². The largest absolute Gasteiger partial charge is 0.467 e. The second kappa shape index (κ2) is 6.31. The molecule has 0 saturated heterocycles. The molecule has 0 spiro atoms. The van der Waals surface area contributed by atoms with Crippen molar-refractivity contribution in [1.82, 2.24) is 4.57 Å². The molecule has 1 N–H and O–H groups in total. The number of aromatic nitrogens is 1. The molecule has 1 atom stereocenters. The molecule has 2 aliphatic rings. The Kier molecular flexibility index (Phi) is 4.10. The minimum absolute atomic E-state index is 0.134. The lowest BCUT2D eigenvalue weighted by Crippen LogP contribution is -2.29. The topological polar surface area (TPSA) is 60.3 Å². The van der Waals surface area contributed by atoms with Crippen molar-refractivity contribution in [2.24, 2.45) is 0 Å². The summed E-state index contributed by atoms with van der Waals surface area (Å²) in [5.41, 5.74) is 5.93. The van der Waals surface area contributed by atoms with Crippen LogP contribution in [0.5, 0.6) is 0 Å². The summed E-state index contributed by atoms with van der Waals surface area (Å²) >= 11 is 0. The van der Waals surface area contributed by atoms with Crippen LogP contribution in [0.3, 0.4) is 0 Å². The number of rotatable bonds is 4. The number of hydrogen-bond donors (Lipinski definition) is 1. The number of ether oxygens (including phenoxy) is 1. The van der Waals surface area contributed by atoms with Gasteiger partial charge in [-0.25, -0.2) is 4.79 Å². The van der Waals surface area contributed by atoms with Crippen molar-refractivity contribution in [3.63, 3.8) is 0 Å². The van der Waals surface area contributed by atoms with E-state index in [1.807, 2.05) is 0 Å². The number of carbonyl (C=O) groups is 1. The Labute approximate surface area is 153 Å². The number of nitrogens with zero attached hydrogens (tertiary/aromatic N) is 1. The molecule has 1 aliphatic heterocycles. The van der Waals surface area contributed by atoms with Gasteiger partial charge in [0.05, 0.1) is 7.11 Å². The molecule has 2 aromatic rings. The van der Waals surface area contributed by atoms with E-state index in [1.165, 1.54) is 29.4 Å². The monoisotopic (exact) mass is 352 g/mol. The number of fused-ring (bicyclic) bond motifs is 1. The maximum absolute atomic E-state index is 12.8. The first kappa shape index (κ1) is 16.9. The van der Waals surface area contributed by atoms with Crippen molar-refractivity contribution in [1.29, 1.82) is 0 Å². The van der Waals surface area contributed by atoms with E-state index < -0.39 is 6.04 Å². The quantitative estimate of drug-likeness (QED) is 0.859. The first-order chi connectivity index (χ1) is 12.5. The van der Waals surface area contributed by atoms with E-state index in [0.29, 0.717) is 12.5 Å². The van der Waals surface area contributed by atoms with E-state index in [2.05, 4.69) is 37.4 Å². The third-order valence-corrected chi connectivity index (χ3v) is 5.71. The number of pyridine rings is 1. The number of aryl methyl sites for hydroxylation is 1. The highest BCUT2D eigenvalue weighted by atomic mass is 16.5. The Balaban J connectivity index is 1.82. The molecule has 1 aromatic carbocycles. The van der Waals surface area contributed by atoms with E-state index in [4.69, 9.17) is 4.74 Å². The fourth-order valence-electron chi connectivity index (χ4n) is 3.97. The summed E-state index contributed by atoms with van der Waals surface area (Å²) in [4.78, 5) is 24.9. The number of methoxy groups -OCH3 is 1. The average Bonchev–Trinajstić information content (AvgIpc) is 3.35. The number of carbonyl (C=O) groups excluding carboxylic acids is 1. The molecule has 0 amide bonds. The van der Waals surface area contributed by atoms with Crippen molar-refractivity contribution < 1.29 is 9.53 Å². The summed E-state index contributed by atoms with van der Waals surface area (Å²) in [6, 6.07) is 7.46. The van der Waals surface area contributed by atoms with Gasteiger partial charge in [0.2, 0.25) is 0 Å². The fourth-order valence-corrected chi connectivity index (χ4v) is 3.97. The molecule has 2 heterocycles. The van der Waals surface area contributed by atoms with Crippen LogP contribution in [0.4, 0.5) is 5.82 Å². The second-order valence-corrected chi connectivity index (χ2v) is 7.37. The molecule has 136 valence electrons. The molecule has 0 radical (unpaired) electrons. The van der Waals surface area contributed by atoms with Crippen molar-refractivity contribution in [3.8, 4) is 0 Å². The van der Waals surface area contributed by atoms with Gasteiger partial charge in [-0.05, 0) is 66.8 Å². The van der Waals surface area contributed by atoms with Crippen LogP contribution >= 0.6 is 0 Å². The molecule has 1 aliphatic carbocycles. The summed E-state index contributed by atoms with van der Waals surface area (Å²) in [6.45, 7) is 4.66. The van der Waals surface area contributed by atoms with Crippen LogP contribution < -0.4 is 10.9 Å². The number of anilines is 1. The fraction of sp³-hybridized carbons (Fsp3) is 0.429. The lowest BCUT2D eigenvalue weighted by molar-refractivity contribution is -0.143. The highest BCUT2D eigenvalue weighted by Gasteiger charge is 2.37. The molecule has 5 heteroatoms. The number of benzene rings is 1. The SMILES string of the molecule is COC(=O)C1CNc2c(C3CC3)c(Cc3cccc(C)c3C)cc(=O)n21. The van der Waals surface area contributed by atoms with Crippen LogP contribution in [0, 0.1) is 13.8 Å². The molecular weight excluding hydrogens is 328 g/mol. The zero-order valence-corrected chi connectivity index (χ0v) is 15.5. The van der Waals surface area contributed by atoms with Gasteiger partial charge in [0.1, 0.15) is 5.82 Å². The van der Waals surface area contributed by atoms with Gasteiger partial charge in [-0.15, -0.1) is 0 Å². The van der Waals surface area contributed by atoms with Gasteiger partial charge < -0.3 is 10.1 Å². The van der Waals surface area contributed by atoms with Gasteiger partial charge in [-0.1, -0.05) is 18.2 Å². The van der Waals surface area contributed by atoms with E-state index in [-0.39, 0.29) is 11.5 Å². The first-order valence-corrected chi connectivity index (χ1v) is 9.16. The highest BCUT2D eigenvalue weighted by Crippen LogP contribution is 2.46. The van der Waals surface area contributed by atoms with Crippen molar-refractivity contribution in [2.75, 3.05) is 19.0 Å². The molecule has 0 bridgehead atoms. The molecule has 4 rings (SSSR count). The van der Waals surface area contributed by atoms with Gasteiger partial charge in [0.25, 0.3) is 5.56 Å². The zero-order valence-electron chi connectivity index (χ0n) is 15.5. The smallest absolute Gasteiger partial charge is 0.330 e. The van der Waals surface area contributed by atoms with Gasteiger partial charge in [0, 0.05) is 12.6 Å². The summed E-state index contributed by atoms with van der Waals surface area (Å²) in [6.07, 6.45) is 3.01. The normalized spacial score (nSPS) is 18.3. The van der Waals surface area contributed by atoms with E-state index in [1.54, 1.807) is 10.6 Å². The summed E-state index contributed by atoms with van der Waals surface area (Å²) < 4.78 is 6.47. The second-order valence-electron chi connectivity index (χ2n) is 7.37. The first-order valence-electron chi connectivity index (χ1n) is 9.16. The molecular formula is C21H24N2O3. The van der Waals surface area contributed by atoms with E-state index >= 15 is 0 Å². The Morgan fingerprint density at radius 3 is 2.73 bits per heavy atom. The summed E-state index contributed by atoms with van der Waals surface area (Å²) in [5, 5.41) is 3.31. The zero-order chi connectivity index (χ0) is 18.4. The Hall–Kier alpha value is -2.56. The Bertz CT molecular complexity index is 941.